The third-order valence-electron chi connectivity index (χ3n) is 4.63. The lowest BCUT2D eigenvalue weighted by Gasteiger charge is -2.36. The summed E-state index contributed by atoms with van der Waals surface area (Å²) in [4.78, 5) is 1.32. The molecular formula is C19H15F3N4O2S. The topological polar surface area (TPSA) is 88.2 Å². The minimum Gasteiger partial charge on any atom is -0.367 e. The second kappa shape index (κ2) is 7.74. The fourth-order valence-electron chi connectivity index (χ4n) is 3.20. The number of hydrogen-bond acceptors (Lipinski definition) is 5. The van der Waals surface area contributed by atoms with E-state index in [2.05, 4.69) is 0 Å². The molecule has 0 N–H and O–H groups in total. The van der Waals surface area contributed by atoms with Crippen molar-refractivity contribution in [3.05, 3.63) is 59.2 Å². The molecule has 3 rings (SSSR count). The summed E-state index contributed by atoms with van der Waals surface area (Å²) in [5.41, 5.74) is 0.0175. The first-order valence-corrected chi connectivity index (χ1v) is 9.98. The molecule has 1 heterocycles. The third-order valence-corrected chi connectivity index (χ3v) is 6.53. The van der Waals surface area contributed by atoms with Gasteiger partial charge in [-0.25, -0.2) is 8.42 Å². The van der Waals surface area contributed by atoms with Crippen LogP contribution in [0, 0.1) is 22.7 Å². The lowest BCUT2D eigenvalue weighted by atomic mass is 10.1. The summed E-state index contributed by atoms with van der Waals surface area (Å²) in [6, 6.07) is 12.4. The summed E-state index contributed by atoms with van der Waals surface area (Å²) >= 11 is 0. The Morgan fingerprint density at radius 2 is 1.45 bits per heavy atom. The summed E-state index contributed by atoms with van der Waals surface area (Å²) < 4.78 is 65.4. The monoisotopic (exact) mass is 420 g/mol. The lowest BCUT2D eigenvalue weighted by molar-refractivity contribution is -0.137. The van der Waals surface area contributed by atoms with E-state index in [0.29, 0.717) is 22.9 Å². The van der Waals surface area contributed by atoms with E-state index in [1.54, 1.807) is 23.1 Å². The summed E-state index contributed by atoms with van der Waals surface area (Å²) in [6.07, 6.45) is -4.64. The second-order valence-corrected chi connectivity index (χ2v) is 8.28. The minimum absolute atomic E-state index is 0.0171. The van der Waals surface area contributed by atoms with Gasteiger partial charge in [0.05, 0.1) is 27.3 Å². The predicted octanol–water partition coefficient (Wildman–Crippen LogP) is 2.96. The Kier molecular flexibility index (Phi) is 5.51. The number of benzene rings is 2. The van der Waals surface area contributed by atoms with Crippen LogP contribution in [-0.2, 0) is 16.2 Å². The van der Waals surface area contributed by atoms with Crippen LogP contribution < -0.4 is 4.90 Å². The van der Waals surface area contributed by atoms with Crippen LogP contribution in [0.25, 0.3) is 0 Å². The maximum atomic E-state index is 12.9. The normalized spacial score (nSPS) is 15.6. The average molecular weight is 420 g/mol. The molecule has 1 aliphatic heterocycles. The molecule has 0 radical (unpaired) electrons. The van der Waals surface area contributed by atoms with Gasteiger partial charge in [0.1, 0.15) is 12.1 Å². The lowest BCUT2D eigenvalue weighted by Crippen LogP contribution is -2.49. The maximum Gasteiger partial charge on any atom is 0.416 e. The van der Waals surface area contributed by atoms with Crippen LogP contribution in [0.4, 0.5) is 18.9 Å². The van der Waals surface area contributed by atoms with Crippen LogP contribution >= 0.6 is 0 Å². The fraction of sp³-hybridized carbons (Fsp3) is 0.263. The summed E-state index contributed by atoms with van der Waals surface area (Å²) in [5.74, 6) is 0. The first-order chi connectivity index (χ1) is 13.7. The molecular weight excluding hydrogens is 405 g/mol. The Morgan fingerprint density at radius 3 is 1.97 bits per heavy atom. The van der Waals surface area contributed by atoms with Gasteiger partial charge in [0, 0.05) is 26.2 Å². The van der Waals surface area contributed by atoms with Crippen molar-refractivity contribution in [1.82, 2.24) is 4.31 Å². The number of hydrogen-bond donors (Lipinski definition) is 0. The summed E-state index contributed by atoms with van der Waals surface area (Å²) in [5, 5.41) is 18.6. The molecule has 1 aliphatic rings. The maximum absolute atomic E-state index is 12.9. The van der Waals surface area contributed by atoms with Crippen LogP contribution in [0.3, 0.4) is 0 Å². The summed E-state index contributed by atoms with van der Waals surface area (Å²) in [7, 11) is -4.11. The number of rotatable bonds is 3. The average Bonchev–Trinajstić information content (AvgIpc) is 2.72. The zero-order valence-electron chi connectivity index (χ0n) is 15.0. The number of piperazine rings is 1. The molecule has 0 atom stereocenters. The van der Waals surface area contributed by atoms with Crippen molar-refractivity contribution in [2.45, 2.75) is 11.1 Å². The van der Waals surface area contributed by atoms with Crippen molar-refractivity contribution < 1.29 is 21.6 Å². The molecule has 0 unspecified atom stereocenters. The Balaban J connectivity index is 1.83. The van der Waals surface area contributed by atoms with Crippen molar-refractivity contribution in [1.29, 1.82) is 10.5 Å². The Hall–Kier alpha value is -3.08. The van der Waals surface area contributed by atoms with Gasteiger partial charge in [-0.05, 0) is 30.3 Å². The van der Waals surface area contributed by atoms with E-state index in [4.69, 9.17) is 0 Å². The SMILES string of the molecule is N#Cc1cccc(C#N)c1N1CCN(S(=O)(=O)c2cccc(C(F)(F)F)c2)CC1. The highest BCUT2D eigenvalue weighted by atomic mass is 32.2. The molecule has 0 amide bonds. The van der Waals surface area contributed by atoms with Gasteiger partial charge in [-0.3, -0.25) is 0 Å². The first kappa shape index (κ1) is 20.6. The number of anilines is 1. The van der Waals surface area contributed by atoms with Crippen molar-refractivity contribution in [2.75, 3.05) is 31.1 Å². The van der Waals surface area contributed by atoms with E-state index in [1.807, 2.05) is 12.1 Å². The van der Waals surface area contributed by atoms with E-state index >= 15 is 0 Å². The predicted molar refractivity (Wildman–Crippen MR) is 98.3 cm³/mol. The molecule has 0 aromatic heterocycles. The second-order valence-electron chi connectivity index (χ2n) is 6.34. The van der Waals surface area contributed by atoms with E-state index in [-0.39, 0.29) is 26.2 Å². The molecule has 1 saturated heterocycles. The van der Waals surface area contributed by atoms with E-state index < -0.39 is 26.7 Å². The van der Waals surface area contributed by atoms with E-state index in [1.165, 1.54) is 0 Å². The van der Waals surface area contributed by atoms with Crippen molar-refractivity contribution in [3.8, 4) is 12.1 Å². The molecule has 29 heavy (non-hydrogen) atoms. The molecule has 0 saturated carbocycles. The van der Waals surface area contributed by atoms with Gasteiger partial charge in [0.2, 0.25) is 10.0 Å². The number of nitrogens with zero attached hydrogens (tertiary/aromatic N) is 4. The van der Waals surface area contributed by atoms with E-state index in [0.717, 1.165) is 22.5 Å². The van der Waals surface area contributed by atoms with Crippen LogP contribution in [0.1, 0.15) is 16.7 Å². The largest absolute Gasteiger partial charge is 0.416 e. The quantitative estimate of drug-likeness (QED) is 0.762. The number of para-hydroxylation sites is 1. The Morgan fingerprint density at radius 1 is 0.897 bits per heavy atom. The Labute approximate surface area is 166 Å². The number of sulfonamides is 1. The first-order valence-electron chi connectivity index (χ1n) is 8.54. The number of alkyl halides is 3. The molecule has 0 aliphatic carbocycles. The molecule has 2 aromatic carbocycles. The highest BCUT2D eigenvalue weighted by Crippen LogP contribution is 2.32. The Bertz CT molecular complexity index is 1080. The van der Waals surface area contributed by atoms with Gasteiger partial charge in [0.25, 0.3) is 0 Å². The number of nitriles is 2. The fourth-order valence-corrected chi connectivity index (χ4v) is 4.67. The molecule has 1 fully saturated rings. The zero-order valence-corrected chi connectivity index (χ0v) is 15.8. The molecule has 2 aromatic rings. The zero-order chi connectivity index (χ0) is 21.2. The van der Waals surface area contributed by atoms with Gasteiger partial charge in [-0.2, -0.15) is 28.0 Å². The van der Waals surface area contributed by atoms with Gasteiger partial charge in [-0.15, -0.1) is 0 Å². The van der Waals surface area contributed by atoms with Gasteiger partial charge in [-0.1, -0.05) is 12.1 Å². The van der Waals surface area contributed by atoms with Crippen molar-refractivity contribution >= 4 is 15.7 Å². The molecule has 6 nitrogen and oxygen atoms in total. The van der Waals surface area contributed by atoms with Crippen LogP contribution in [-0.4, -0.2) is 38.9 Å². The highest BCUT2D eigenvalue weighted by molar-refractivity contribution is 7.89. The molecule has 10 heteroatoms. The standard InChI is InChI=1S/C19H15F3N4O2S/c20-19(21,22)16-5-2-6-17(11-16)29(27,28)26-9-7-25(8-10-26)18-14(12-23)3-1-4-15(18)13-24/h1-6,11H,7-10H2. The van der Waals surface area contributed by atoms with E-state index in [9.17, 15) is 32.1 Å². The van der Waals surface area contributed by atoms with Gasteiger partial charge >= 0.3 is 6.18 Å². The minimum atomic E-state index is -4.64. The third kappa shape index (κ3) is 4.04. The van der Waals surface area contributed by atoms with Gasteiger partial charge < -0.3 is 4.90 Å². The molecule has 0 bridgehead atoms. The van der Waals surface area contributed by atoms with Gasteiger partial charge in [0.15, 0.2) is 0 Å². The summed E-state index contributed by atoms with van der Waals surface area (Å²) in [6.45, 7) is 0.434. The van der Waals surface area contributed by atoms with Crippen molar-refractivity contribution in [2.24, 2.45) is 0 Å². The van der Waals surface area contributed by atoms with Crippen LogP contribution in [0.5, 0.6) is 0 Å². The van der Waals surface area contributed by atoms with Crippen LogP contribution in [0.2, 0.25) is 0 Å². The number of halogens is 3. The van der Waals surface area contributed by atoms with Crippen molar-refractivity contribution in [3.63, 3.8) is 0 Å². The smallest absolute Gasteiger partial charge is 0.367 e. The molecule has 0 spiro atoms. The highest BCUT2D eigenvalue weighted by Gasteiger charge is 2.34. The van der Waals surface area contributed by atoms with Crippen LogP contribution in [0.15, 0.2) is 47.4 Å². The molecule has 150 valence electrons.